The zero-order valence-electron chi connectivity index (χ0n) is 7.90. The molecule has 1 aromatic rings. The van der Waals surface area contributed by atoms with Crippen LogP contribution in [0.2, 0.25) is 0 Å². The van der Waals surface area contributed by atoms with Gasteiger partial charge in [-0.05, 0) is 18.1 Å². The van der Waals surface area contributed by atoms with Gasteiger partial charge in [-0.15, -0.1) is 0 Å². The summed E-state index contributed by atoms with van der Waals surface area (Å²) in [7, 11) is 0. The van der Waals surface area contributed by atoms with E-state index in [1.807, 2.05) is 31.2 Å². The molecule has 0 nitrogen and oxygen atoms in total. The van der Waals surface area contributed by atoms with Crippen LogP contribution in [-0.4, -0.2) is 0 Å². The molecule has 0 heterocycles. The van der Waals surface area contributed by atoms with E-state index in [2.05, 4.69) is 30.9 Å². The Morgan fingerprint density at radius 2 is 1.92 bits per heavy atom. The molecule has 66 valence electrons. The van der Waals surface area contributed by atoms with Gasteiger partial charge in [-0.3, -0.25) is 0 Å². The molecule has 13 heavy (non-hydrogen) atoms. The van der Waals surface area contributed by atoms with Gasteiger partial charge >= 0.3 is 0 Å². The normalized spacial score (nSPS) is 11.9. The van der Waals surface area contributed by atoms with Crippen molar-refractivity contribution in [3.05, 3.63) is 66.8 Å². The molecule has 1 aromatic carbocycles. The number of hydrogen-bond donors (Lipinski definition) is 0. The maximum atomic E-state index is 3.65. The van der Waals surface area contributed by atoms with E-state index in [4.69, 9.17) is 0 Å². The van der Waals surface area contributed by atoms with E-state index < -0.39 is 0 Å². The molecule has 0 aliphatic carbocycles. The van der Waals surface area contributed by atoms with Crippen molar-refractivity contribution in [2.45, 2.75) is 6.92 Å². The minimum atomic E-state index is 1.22. The van der Waals surface area contributed by atoms with Crippen molar-refractivity contribution >= 4 is 5.57 Å². The highest BCUT2D eigenvalue weighted by atomic mass is 14.0. The Bertz CT molecular complexity index is 315. The largest absolute Gasteiger partial charge is 0.0991 e. The van der Waals surface area contributed by atoms with Gasteiger partial charge in [-0.1, -0.05) is 61.2 Å². The van der Waals surface area contributed by atoms with Crippen LogP contribution in [0, 0.1) is 0 Å². The van der Waals surface area contributed by atoms with Gasteiger partial charge in [-0.2, -0.15) is 0 Å². The van der Waals surface area contributed by atoms with Crippen LogP contribution in [0.25, 0.3) is 5.57 Å². The first-order valence-corrected chi connectivity index (χ1v) is 4.39. The third-order valence-electron chi connectivity index (χ3n) is 1.83. The Morgan fingerprint density at radius 1 is 1.23 bits per heavy atom. The van der Waals surface area contributed by atoms with Crippen molar-refractivity contribution < 1.29 is 0 Å². The Labute approximate surface area is 79.9 Å². The van der Waals surface area contributed by atoms with E-state index in [1.165, 1.54) is 11.1 Å². The van der Waals surface area contributed by atoms with Gasteiger partial charge in [0.05, 0.1) is 0 Å². The van der Waals surface area contributed by atoms with Gasteiger partial charge in [0.15, 0.2) is 0 Å². The first kappa shape index (κ1) is 9.53. The number of rotatable bonds is 3. The van der Waals surface area contributed by atoms with E-state index in [-0.39, 0.29) is 0 Å². The third-order valence-corrected chi connectivity index (χ3v) is 1.83. The van der Waals surface area contributed by atoms with Crippen LogP contribution in [0.15, 0.2) is 61.2 Å². The van der Waals surface area contributed by atoms with Crippen LogP contribution in [-0.2, 0) is 0 Å². The molecular weight excluding hydrogens is 156 g/mol. The summed E-state index contributed by atoms with van der Waals surface area (Å²) in [5, 5.41) is 0. The maximum absolute atomic E-state index is 3.65. The van der Waals surface area contributed by atoms with Gasteiger partial charge in [0.25, 0.3) is 0 Å². The van der Waals surface area contributed by atoms with E-state index in [0.29, 0.717) is 0 Å². The summed E-state index contributed by atoms with van der Waals surface area (Å²) >= 11 is 0. The molecule has 0 spiro atoms. The molecule has 1 rings (SSSR count). The van der Waals surface area contributed by atoms with Crippen molar-refractivity contribution in [1.82, 2.24) is 0 Å². The second-order valence-electron chi connectivity index (χ2n) is 2.70. The zero-order valence-corrected chi connectivity index (χ0v) is 7.90. The summed E-state index contributed by atoms with van der Waals surface area (Å²) in [4.78, 5) is 0. The van der Waals surface area contributed by atoms with Gasteiger partial charge < -0.3 is 0 Å². The van der Waals surface area contributed by atoms with E-state index in [9.17, 15) is 0 Å². The quantitative estimate of drug-likeness (QED) is 0.605. The summed E-state index contributed by atoms with van der Waals surface area (Å²) < 4.78 is 0. The average molecular weight is 170 g/mol. The molecule has 0 aliphatic heterocycles. The summed E-state index contributed by atoms with van der Waals surface area (Å²) in [5.74, 6) is 0. The molecule has 0 amide bonds. The predicted molar refractivity (Wildman–Crippen MR) is 59.4 cm³/mol. The monoisotopic (exact) mass is 170 g/mol. The highest BCUT2D eigenvalue weighted by Crippen LogP contribution is 2.14. The Kier molecular flexibility index (Phi) is 3.77. The molecule has 0 aliphatic rings. The Hall–Kier alpha value is -1.56. The lowest BCUT2D eigenvalue weighted by Crippen LogP contribution is -1.77. The minimum absolute atomic E-state index is 1.22. The number of hydrogen-bond acceptors (Lipinski definition) is 0. The van der Waals surface area contributed by atoms with E-state index >= 15 is 0 Å². The molecule has 0 saturated carbocycles. The lowest BCUT2D eigenvalue weighted by Gasteiger charge is -1.99. The van der Waals surface area contributed by atoms with Crippen molar-refractivity contribution in [3.63, 3.8) is 0 Å². The molecular formula is C13H14. The SMILES string of the molecule is C=C/C=C\C(=CC)c1ccccc1. The molecule has 0 aromatic heterocycles. The molecule has 0 N–H and O–H groups in total. The average Bonchev–Trinajstić information content (AvgIpc) is 2.21. The van der Waals surface area contributed by atoms with Gasteiger partial charge in [0.1, 0.15) is 0 Å². The second-order valence-corrected chi connectivity index (χ2v) is 2.70. The van der Waals surface area contributed by atoms with Crippen molar-refractivity contribution in [2.24, 2.45) is 0 Å². The van der Waals surface area contributed by atoms with E-state index in [0.717, 1.165) is 0 Å². The molecule has 0 unspecified atom stereocenters. The summed E-state index contributed by atoms with van der Waals surface area (Å²) in [6.07, 6.45) is 7.88. The zero-order chi connectivity index (χ0) is 9.52. The van der Waals surface area contributed by atoms with Gasteiger partial charge in [0, 0.05) is 0 Å². The molecule has 0 bridgehead atoms. The minimum Gasteiger partial charge on any atom is -0.0991 e. The fourth-order valence-corrected chi connectivity index (χ4v) is 1.16. The van der Waals surface area contributed by atoms with Crippen LogP contribution in [0.3, 0.4) is 0 Å². The maximum Gasteiger partial charge on any atom is -0.0187 e. The van der Waals surface area contributed by atoms with Crippen LogP contribution < -0.4 is 0 Å². The van der Waals surface area contributed by atoms with Crippen LogP contribution in [0.5, 0.6) is 0 Å². The Balaban J connectivity index is 2.92. The predicted octanol–water partition coefficient (Wildman–Crippen LogP) is 3.83. The van der Waals surface area contributed by atoms with Gasteiger partial charge in [-0.25, -0.2) is 0 Å². The lowest BCUT2D eigenvalue weighted by atomic mass is 10.1. The number of allylic oxidation sites excluding steroid dienone is 5. The lowest BCUT2D eigenvalue weighted by molar-refractivity contribution is 1.59. The smallest absolute Gasteiger partial charge is 0.0187 e. The van der Waals surface area contributed by atoms with Crippen molar-refractivity contribution in [1.29, 1.82) is 0 Å². The molecule has 0 radical (unpaired) electrons. The Morgan fingerprint density at radius 3 is 2.46 bits per heavy atom. The van der Waals surface area contributed by atoms with Crippen LogP contribution >= 0.6 is 0 Å². The molecule has 0 atom stereocenters. The van der Waals surface area contributed by atoms with E-state index in [1.54, 1.807) is 6.08 Å². The fourth-order valence-electron chi connectivity index (χ4n) is 1.16. The van der Waals surface area contributed by atoms with Crippen LogP contribution in [0.1, 0.15) is 12.5 Å². The molecule has 0 heteroatoms. The first-order chi connectivity index (χ1) is 6.38. The topological polar surface area (TPSA) is 0 Å². The van der Waals surface area contributed by atoms with Crippen LogP contribution in [0.4, 0.5) is 0 Å². The van der Waals surface area contributed by atoms with Crippen molar-refractivity contribution in [2.75, 3.05) is 0 Å². The molecule has 0 fully saturated rings. The number of benzene rings is 1. The summed E-state index contributed by atoms with van der Waals surface area (Å²) in [6.45, 7) is 5.68. The third kappa shape index (κ3) is 2.75. The summed E-state index contributed by atoms with van der Waals surface area (Å²) in [6, 6.07) is 10.3. The molecule has 0 saturated heterocycles. The second kappa shape index (κ2) is 5.15. The summed E-state index contributed by atoms with van der Waals surface area (Å²) in [5.41, 5.74) is 2.46. The highest BCUT2D eigenvalue weighted by Gasteiger charge is 1.92. The standard InChI is InChI=1S/C13H14/c1-3-5-9-12(4-2)13-10-7-6-8-11-13/h3-11H,1H2,2H3/b9-5-,12-4?. The van der Waals surface area contributed by atoms with Gasteiger partial charge in [0.2, 0.25) is 0 Å². The first-order valence-electron chi connectivity index (χ1n) is 4.39. The van der Waals surface area contributed by atoms with Crippen molar-refractivity contribution in [3.8, 4) is 0 Å². The fraction of sp³-hybridized carbons (Fsp3) is 0.0769. The highest BCUT2D eigenvalue weighted by molar-refractivity contribution is 5.73.